The molecule has 0 spiro atoms. The first-order valence-electron chi connectivity index (χ1n) is 6.28. The molecule has 0 saturated carbocycles. The summed E-state index contributed by atoms with van der Waals surface area (Å²) in [6.07, 6.45) is 1.74. The van der Waals surface area contributed by atoms with Crippen molar-refractivity contribution in [1.82, 2.24) is 5.32 Å². The van der Waals surface area contributed by atoms with E-state index in [-0.39, 0.29) is 23.9 Å². The first-order valence-corrected chi connectivity index (χ1v) is 7.33. The van der Waals surface area contributed by atoms with Crippen molar-refractivity contribution >= 4 is 17.7 Å². The zero-order valence-electron chi connectivity index (χ0n) is 11.1. The summed E-state index contributed by atoms with van der Waals surface area (Å²) in [5.74, 6) is 0.681. The Morgan fingerprint density at radius 2 is 2.18 bits per heavy atom. The molecule has 0 heterocycles. The van der Waals surface area contributed by atoms with Gasteiger partial charge in [-0.1, -0.05) is 13.8 Å². The normalized spacial score (nSPS) is 14.4. The van der Waals surface area contributed by atoms with Crippen LogP contribution in [-0.2, 0) is 9.53 Å². The summed E-state index contributed by atoms with van der Waals surface area (Å²) in [6.45, 7) is 7.28. The van der Waals surface area contributed by atoms with Gasteiger partial charge in [-0.25, -0.2) is 0 Å². The monoisotopic (exact) mass is 263 g/mol. The van der Waals surface area contributed by atoms with Crippen molar-refractivity contribution < 1.29 is 14.6 Å². The van der Waals surface area contributed by atoms with E-state index in [1.54, 1.807) is 11.8 Å². The summed E-state index contributed by atoms with van der Waals surface area (Å²) in [5.41, 5.74) is 0. The fourth-order valence-corrected chi connectivity index (χ4v) is 2.18. The largest absolute Gasteiger partial charge is 0.465 e. The predicted molar refractivity (Wildman–Crippen MR) is 72.3 cm³/mol. The van der Waals surface area contributed by atoms with Gasteiger partial charge in [0.1, 0.15) is 6.04 Å². The van der Waals surface area contributed by atoms with Crippen molar-refractivity contribution in [2.24, 2.45) is 0 Å². The van der Waals surface area contributed by atoms with Crippen LogP contribution in [0.2, 0.25) is 0 Å². The quantitative estimate of drug-likeness (QED) is 0.584. The molecule has 2 unspecified atom stereocenters. The molecule has 0 rings (SSSR count). The standard InChI is InChI=1S/C12H25NO3S/c1-4-7-13-11(12(15)16-5-2)6-8-17-10(3)9-14/h10-11,13-14H,4-9H2,1-3H3. The van der Waals surface area contributed by atoms with Crippen molar-refractivity contribution in [3.63, 3.8) is 0 Å². The summed E-state index contributed by atoms with van der Waals surface area (Å²) in [6, 6.07) is -0.215. The minimum Gasteiger partial charge on any atom is -0.465 e. The van der Waals surface area contributed by atoms with Crippen LogP contribution in [0.3, 0.4) is 0 Å². The summed E-state index contributed by atoms with van der Waals surface area (Å²) >= 11 is 1.68. The van der Waals surface area contributed by atoms with E-state index in [4.69, 9.17) is 9.84 Å². The molecule has 102 valence electrons. The molecule has 4 nitrogen and oxygen atoms in total. The summed E-state index contributed by atoms with van der Waals surface area (Å²) in [7, 11) is 0. The topological polar surface area (TPSA) is 58.6 Å². The van der Waals surface area contributed by atoms with E-state index < -0.39 is 0 Å². The van der Waals surface area contributed by atoms with Gasteiger partial charge in [0.2, 0.25) is 0 Å². The summed E-state index contributed by atoms with van der Waals surface area (Å²) in [5, 5.41) is 12.3. The maximum absolute atomic E-state index is 11.7. The number of aliphatic hydroxyl groups is 1. The van der Waals surface area contributed by atoms with Crippen LogP contribution in [0.15, 0.2) is 0 Å². The summed E-state index contributed by atoms with van der Waals surface area (Å²) in [4.78, 5) is 11.7. The molecule has 0 aromatic carbocycles. The van der Waals surface area contributed by atoms with E-state index >= 15 is 0 Å². The van der Waals surface area contributed by atoms with Crippen LogP contribution in [0.5, 0.6) is 0 Å². The second-order valence-electron chi connectivity index (χ2n) is 3.91. The zero-order valence-corrected chi connectivity index (χ0v) is 11.9. The van der Waals surface area contributed by atoms with Gasteiger partial charge in [-0.3, -0.25) is 4.79 Å². The average Bonchev–Trinajstić information content (AvgIpc) is 2.33. The van der Waals surface area contributed by atoms with Crippen LogP contribution in [0.4, 0.5) is 0 Å². The minimum absolute atomic E-state index is 0.168. The lowest BCUT2D eigenvalue weighted by molar-refractivity contribution is -0.145. The highest BCUT2D eigenvalue weighted by Gasteiger charge is 2.18. The molecule has 0 aromatic rings. The molecule has 0 aromatic heterocycles. The van der Waals surface area contributed by atoms with Crippen LogP contribution in [0.1, 0.15) is 33.6 Å². The molecule has 0 fully saturated rings. The van der Waals surface area contributed by atoms with Crippen molar-refractivity contribution in [3.05, 3.63) is 0 Å². The van der Waals surface area contributed by atoms with E-state index in [1.807, 2.05) is 13.8 Å². The molecule has 0 aliphatic heterocycles. The number of nitrogens with one attached hydrogen (secondary N) is 1. The van der Waals surface area contributed by atoms with Crippen LogP contribution in [0, 0.1) is 0 Å². The molecule has 0 bridgehead atoms. The first kappa shape index (κ1) is 16.7. The second kappa shape index (κ2) is 10.9. The van der Waals surface area contributed by atoms with Gasteiger partial charge < -0.3 is 15.2 Å². The number of thioether (sulfide) groups is 1. The van der Waals surface area contributed by atoms with E-state index in [1.165, 1.54) is 0 Å². The number of aliphatic hydroxyl groups excluding tert-OH is 1. The number of hydrogen-bond acceptors (Lipinski definition) is 5. The average molecular weight is 263 g/mol. The SMILES string of the molecule is CCCNC(CCSC(C)CO)C(=O)OCC. The van der Waals surface area contributed by atoms with Crippen LogP contribution < -0.4 is 5.32 Å². The van der Waals surface area contributed by atoms with E-state index in [2.05, 4.69) is 12.2 Å². The third-order valence-corrected chi connectivity index (χ3v) is 3.47. The highest BCUT2D eigenvalue weighted by molar-refractivity contribution is 7.99. The zero-order chi connectivity index (χ0) is 13.1. The van der Waals surface area contributed by atoms with Crippen molar-refractivity contribution in [2.75, 3.05) is 25.5 Å². The van der Waals surface area contributed by atoms with E-state index in [0.717, 1.165) is 25.1 Å². The van der Waals surface area contributed by atoms with Gasteiger partial charge >= 0.3 is 5.97 Å². The third-order valence-electron chi connectivity index (χ3n) is 2.28. The molecular weight excluding hydrogens is 238 g/mol. The predicted octanol–water partition coefficient (Wildman–Crippen LogP) is 1.42. The van der Waals surface area contributed by atoms with Crippen molar-refractivity contribution in [2.45, 2.75) is 44.9 Å². The Morgan fingerprint density at radius 3 is 2.71 bits per heavy atom. The Kier molecular flexibility index (Phi) is 10.7. The van der Waals surface area contributed by atoms with Gasteiger partial charge in [-0.05, 0) is 32.1 Å². The lowest BCUT2D eigenvalue weighted by Gasteiger charge is -2.17. The van der Waals surface area contributed by atoms with Crippen molar-refractivity contribution in [3.8, 4) is 0 Å². The van der Waals surface area contributed by atoms with Crippen LogP contribution in [-0.4, -0.2) is 47.9 Å². The fourth-order valence-electron chi connectivity index (χ4n) is 1.30. The number of esters is 1. The molecule has 2 atom stereocenters. The Balaban J connectivity index is 3.96. The lowest BCUT2D eigenvalue weighted by Crippen LogP contribution is -2.39. The maximum Gasteiger partial charge on any atom is 0.323 e. The van der Waals surface area contributed by atoms with E-state index in [0.29, 0.717) is 6.61 Å². The molecule has 0 radical (unpaired) electrons. The Hall–Kier alpha value is -0.260. The first-order chi connectivity index (χ1) is 8.15. The number of ether oxygens (including phenoxy) is 1. The number of carbonyl (C=O) groups is 1. The van der Waals surface area contributed by atoms with Crippen LogP contribution in [0.25, 0.3) is 0 Å². The molecule has 5 heteroatoms. The van der Waals surface area contributed by atoms with Gasteiger partial charge in [0.05, 0.1) is 13.2 Å². The number of hydrogen-bond donors (Lipinski definition) is 2. The smallest absolute Gasteiger partial charge is 0.323 e. The minimum atomic E-state index is -0.215. The van der Waals surface area contributed by atoms with Gasteiger partial charge in [-0.15, -0.1) is 0 Å². The van der Waals surface area contributed by atoms with Gasteiger partial charge in [-0.2, -0.15) is 11.8 Å². The van der Waals surface area contributed by atoms with Crippen molar-refractivity contribution in [1.29, 1.82) is 0 Å². The maximum atomic E-state index is 11.7. The highest BCUT2D eigenvalue weighted by Crippen LogP contribution is 2.12. The second-order valence-corrected chi connectivity index (χ2v) is 5.46. The molecule has 0 saturated heterocycles. The van der Waals surface area contributed by atoms with Gasteiger partial charge in [0.15, 0.2) is 0 Å². The highest BCUT2D eigenvalue weighted by atomic mass is 32.2. The molecule has 17 heavy (non-hydrogen) atoms. The van der Waals surface area contributed by atoms with Gasteiger partial charge in [0, 0.05) is 5.25 Å². The molecular formula is C12H25NO3S. The van der Waals surface area contributed by atoms with E-state index in [9.17, 15) is 4.79 Å². The number of rotatable bonds is 10. The Morgan fingerprint density at radius 1 is 1.47 bits per heavy atom. The Bertz CT molecular complexity index is 202. The number of carbonyl (C=O) groups excluding carboxylic acids is 1. The summed E-state index contributed by atoms with van der Waals surface area (Å²) < 4.78 is 5.02. The molecule has 0 aliphatic rings. The molecule has 0 aliphatic carbocycles. The Labute approximate surface area is 108 Å². The van der Waals surface area contributed by atoms with Crippen LogP contribution >= 0.6 is 11.8 Å². The third kappa shape index (κ3) is 8.46. The van der Waals surface area contributed by atoms with Gasteiger partial charge in [0.25, 0.3) is 0 Å². The molecule has 0 amide bonds. The fraction of sp³-hybridized carbons (Fsp3) is 0.917. The lowest BCUT2D eigenvalue weighted by atomic mass is 10.2. The molecule has 2 N–H and O–H groups in total.